The minimum absolute atomic E-state index is 0.00860. The van der Waals surface area contributed by atoms with Crippen molar-refractivity contribution in [2.24, 2.45) is 0 Å². The van der Waals surface area contributed by atoms with Gasteiger partial charge in [-0.25, -0.2) is 38.4 Å². The van der Waals surface area contributed by atoms with E-state index in [4.69, 9.17) is 52.1 Å². The molecule has 8 aromatic rings. The Morgan fingerprint density at radius 3 is 0.770 bits per heavy atom. The molecule has 0 radical (unpaired) electrons. The summed E-state index contributed by atoms with van der Waals surface area (Å²) < 4.78 is 69.7. The van der Waals surface area contributed by atoms with Gasteiger partial charge in [0.25, 0.3) is 0 Å². The molecule has 0 aromatic heterocycles. The molecule has 2 saturated heterocycles. The Labute approximate surface area is 498 Å². The monoisotopic (exact) mass is 1170 g/mol. The zero-order valence-electron chi connectivity index (χ0n) is 46.0. The largest absolute Gasteiger partial charge is 0.459 e. The summed E-state index contributed by atoms with van der Waals surface area (Å²) in [5.41, 5.74) is 0.168. The molecule has 8 aromatic carbocycles. The number of ether oxygens (including phenoxy) is 11. The number of hydrogen-bond acceptors (Lipinski definition) is 19. The third kappa shape index (κ3) is 15.2. The van der Waals surface area contributed by atoms with E-state index < -0.39 is 122 Å². The average molecular weight is 1180 g/mol. The molecule has 0 aliphatic carbocycles. The molecule has 2 heterocycles. The van der Waals surface area contributed by atoms with Crippen LogP contribution >= 0.6 is 0 Å². The van der Waals surface area contributed by atoms with Crippen molar-refractivity contribution in [2.75, 3.05) is 13.2 Å². The van der Waals surface area contributed by atoms with Gasteiger partial charge in [0, 0.05) is 0 Å². The van der Waals surface area contributed by atoms with Crippen LogP contribution in [0.5, 0.6) is 0 Å². The Balaban J connectivity index is 1.14. The van der Waals surface area contributed by atoms with Crippen molar-refractivity contribution >= 4 is 47.8 Å². The minimum Gasteiger partial charge on any atom is -0.459 e. The topological polar surface area (TPSA) is 238 Å². The molecule has 0 N–H and O–H groups in total. The highest BCUT2D eigenvalue weighted by molar-refractivity contribution is 5.93. The third-order valence-corrected chi connectivity index (χ3v) is 13.7. The molecule has 2 fully saturated rings. The van der Waals surface area contributed by atoms with E-state index >= 15 is 0 Å². The summed E-state index contributed by atoms with van der Waals surface area (Å²) in [4.78, 5) is 115. The molecular formula is C68H54O19. The van der Waals surface area contributed by atoms with Gasteiger partial charge in [0.05, 0.1) is 44.5 Å². The number of carbonyl (C=O) groups is 8. The summed E-state index contributed by atoms with van der Waals surface area (Å²) in [5.74, 6) is -7.88. The molecule has 19 heteroatoms. The van der Waals surface area contributed by atoms with Crippen LogP contribution in [0.4, 0.5) is 0 Å². The van der Waals surface area contributed by atoms with Gasteiger partial charge in [-0.1, -0.05) is 146 Å². The van der Waals surface area contributed by atoms with Gasteiger partial charge in [0.15, 0.2) is 30.7 Å². The first-order valence-corrected chi connectivity index (χ1v) is 27.4. The molecule has 0 spiro atoms. The summed E-state index contributed by atoms with van der Waals surface area (Å²) in [5, 5.41) is 0. The van der Waals surface area contributed by atoms with E-state index in [0.717, 1.165) is 0 Å². The highest BCUT2D eigenvalue weighted by atomic mass is 16.8. The fourth-order valence-electron chi connectivity index (χ4n) is 9.42. The van der Waals surface area contributed by atoms with E-state index in [1.165, 1.54) is 97.1 Å². The van der Waals surface area contributed by atoms with Crippen LogP contribution in [0, 0.1) is 0 Å². The maximum atomic E-state index is 14.7. The Kier molecular flexibility index (Phi) is 19.7. The van der Waals surface area contributed by atoms with Crippen LogP contribution in [0.15, 0.2) is 243 Å². The van der Waals surface area contributed by atoms with Crippen LogP contribution < -0.4 is 0 Å². The maximum Gasteiger partial charge on any atom is 0.340 e. The van der Waals surface area contributed by atoms with Crippen molar-refractivity contribution in [2.45, 2.75) is 61.4 Å². The molecule has 0 amide bonds. The molecule has 2 aliphatic heterocycles. The SMILES string of the molecule is O=C(OC[C@H]1O[C@H](OC(=O)c2ccccc2)[C@@H](OC(=O)c2ccccc2)[C@@H](OC(=O)c2ccccc2)[C@@H]1O[C@H]1O[C@H](COC(=O)c2ccccc2)[C@@H](OC(=O)c2ccccc2)[C@H](OC(=O)c2ccccc2)[C@H]1OC(=O)c1ccccc1)c1ccccc1. The number of esters is 8. The predicted octanol–water partition coefficient (Wildman–Crippen LogP) is 9.52. The van der Waals surface area contributed by atoms with Crippen molar-refractivity contribution in [3.63, 3.8) is 0 Å². The zero-order valence-corrected chi connectivity index (χ0v) is 46.0. The maximum absolute atomic E-state index is 14.7. The molecule has 0 saturated carbocycles. The minimum atomic E-state index is -2.13. The number of rotatable bonds is 20. The van der Waals surface area contributed by atoms with Crippen LogP contribution in [0.25, 0.3) is 0 Å². The Bertz CT molecular complexity index is 3620. The lowest BCUT2D eigenvalue weighted by Crippen LogP contribution is -2.67. The zero-order chi connectivity index (χ0) is 60.5. The van der Waals surface area contributed by atoms with Crippen molar-refractivity contribution in [1.82, 2.24) is 0 Å². The van der Waals surface area contributed by atoms with Crippen LogP contribution in [-0.4, -0.2) is 122 Å². The van der Waals surface area contributed by atoms with Crippen molar-refractivity contribution in [1.29, 1.82) is 0 Å². The molecule has 0 unspecified atom stereocenters. The first-order valence-electron chi connectivity index (χ1n) is 27.4. The molecule has 2 aliphatic rings. The fraction of sp³-hybridized carbons (Fsp3) is 0.176. The summed E-state index contributed by atoms with van der Waals surface area (Å²) in [6.07, 6.45) is -19.4. The van der Waals surface area contributed by atoms with Crippen LogP contribution in [0.3, 0.4) is 0 Å². The summed E-state index contributed by atoms with van der Waals surface area (Å²) in [6.45, 7) is -1.58. The highest BCUT2D eigenvalue weighted by Gasteiger charge is 2.59. The van der Waals surface area contributed by atoms with Crippen LogP contribution in [-0.2, 0) is 52.1 Å². The molecule has 0 bridgehead atoms. The second-order valence-corrected chi connectivity index (χ2v) is 19.6. The van der Waals surface area contributed by atoms with Gasteiger partial charge in [0.2, 0.25) is 12.4 Å². The lowest BCUT2D eigenvalue weighted by Gasteiger charge is -2.48. The van der Waals surface area contributed by atoms with Gasteiger partial charge >= 0.3 is 47.8 Å². The molecule has 87 heavy (non-hydrogen) atoms. The Morgan fingerprint density at radius 1 is 0.241 bits per heavy atom. The Morgan fingerprint density at radius 2 is 0.460 bits per heavy atom. The third-order valence-electron chi connectivity index (χ3n) is 13.7. The second kappa shape index (κ2) is 28.8. The normalized spacial score (nSPS) is 21.3. The predicted molar refractivity (Wildman–Crippen MR) is 306 cm³/mol. The van der Waals surface area contributed by atoms with E-state index in [9.17, 15) is 38.4 Å². The second-order valence-electron chi connectivity index (χ2n) is 19.6. The van der Waals surface area contributed by atoms with Gasteiger partial charge in [-0.05, 0) is 97.1 Å². The standard InChI is InChI=1S/C68H54O19/c69-59(43-25-9-1-10-26-43)77-41-51-53(81-61(71)45-29-13-3-14-30-45)55(82-62(72)46-31-15-4-16-32-46)57(84-64(74)48-35-19-6-20-36-48)67(79-51)86-54-52(42-78-60(70)44-27-11-2-12-28-44)80-68(87-66(76)50-39-23-8-24-40-50)58(85-65(75)49-37-21-7-22-38-49)56(54)83-63(73)47-33-17-5-18-34-47/h1-40,51-58,67-68H,41-42H2/t51-,52-,53-,54-,55+,56+,57-,58+,67-,68-/m1/s1. The summed E-state index contributed by atoms with van der Waals surface area (Å²) >= 11 is 0. The number of hydrogen-bond donors (Lipinski definition) is 0. The van der Waals surface area contributed by atoms with E-state index in [1.807, 2.05) is 0 Å². The fourth-order valence-corrected chi connectivity index (χ4v) is 9.42. The van der Waals surface area contributed by atoms with Gasteiger partial charge < -0.3 is 52.1 Å². The van der Waals surface area contributed by atoms with E-state index in [-0.39, 0.29) is 44.5 Å². The van der Waals surface area contributed by atoms with E-state index in [0.29, 0.717) is 0 Å². The lowest BCUT2D eigenvalue weighted by atomic mass is 9.95. The quantitative estimate of drug-likeness (QED) is 0.0510. The van der Waals surface area contributed by atoms with Gasteiger partial charge in [-0.15, -0.1) is 0 Å². The smallest absolute Gasteiger partial charge is 0.340 e. The summed E-state index contributed by atoms with van der Waals surface area (Å²) in [7, 11) is 0. The van der Waals surface area contributed by atoms with Crippen LogP contribution in [0.2, 0.25) is 0 Å². The number of carbonyl (C=O) groups excluding carboxylic acids is 8. The van der Waals surface area contributed by atoms with E-state index in [1.54, 1.807) is 146 Å². The lowest BCUT2D eigenvalue weighted by molar-refractivity contribution is -0.351. The Hall–Kier alpha value is -10.6. The molecule has 19 nitrogen and oxygen atoms in total. The van der Waals surface area contributed by atoms with Gasteiger partial charge in [0.1, 0.15) is 31.5 Å². The first-order chi connectivity index (χ1) is 42.5. The molecule has 10 atom stereocenters. The summed E-state index contributed by atoms with van der Waals surface area (Å²) in [6, 6.07) is 61.7. The van der Waals surface area contributed by atoms with Crippen molar-refractivity contribution in [3.05, 3.63) is 287 Å². The van der Waals surface area contributed by atoms with Gasteiger partial charge in [-0.3, -0.25) is 0 Å². The average Bonchev–Trinajstić information content (AvgIpc) is 1.99. The first kappa shape index (κ1) is 59.6. The van der Waals surface area contributed by atoms with Crippen molar-refractivity contribution < 1.29 is 90.5 Å². The molecular weight excluding hydrogens is 1120 g/mol. The molecule has 440 valence electrons. The highest BCUT2D eigenvalue weighted by Crippen LogP contribution is 2.37. The van der Waals surface area contributed by atoms with E-state index in [2.05, 4.69) is 0 Å². The molecule has 10 rings (SSSR count). The van der Waals surface area contributed by atoms with Crippen LogP contribution in [0.1, 0.15) is 82.9 Å². The van der Waals surface area contributed by atoms with Gasteiger partial charge in [-0.2, -0.15) is 0 Å². The van der Waals surface area contributed by atoms with Crippen molar-refractivity contribution in [3.8, 4) is 0 Å². The number of benzene rings is 8.